The molecule has 2 amide bonds. The zero-order valence-corrected chi connectivity index (χ0v) is 19.5. The first-order valence-electron chi connectivity index (χ1n) is 10.9. The lowest BCUT2D eigenvalue weighted by molar-refractivity contribution is -0.116. The molecule has 0 spiro atoms. The molecule has 0 heterocycles. The van der Waals surface area contributed by atoms with Gasteiger partial charge in [0, 0.05) is 30.4 Å². The van der Waals surface area contributed by atoms with E-state index in [1.165, 1.54) is 17.9 Å². The van der Waals surface area contributed by atoms with E-state index in [9.17, 15) is 14.7 Å². The number of phenolic OH excluding ortho intramolecular Hbond substituents is 1. The van der Waals surface area contributed by atoms with Crippen LogP contribution in [0.5, 0.6) is 17.2 Å². The lowest BCUT2D eigenvalue weighted by Gasteiger charge is -2.21. The van der Waals surface area contributed by atoms with Gasteiger partial charge in [0.05, 0.1) is 11.3 Å². The molecule has 0 aromatic heterocycles. The molecule has 172 valence electrons. The monoisotopic (exact) mass is 454 g/mol. The fourth-order valence-corrected chi connectivity index (χ4v) is 3.75. The van der Waals surface area contributed by atoms with Crippen LogP contribution in [0.15, 0.2) is 72.8 Å². The Kier molecular flexibility index (Phi) is 6.23. The van der Waals surface area contributed by atoms with Gasteiger partial charge < -0.3 is 20.1 Å². The van der Waals surface area contributed by atoms with Crippen molar-refractivity contribution < 1.29 is 19.4 Å². The third kappa shape index (κ3) is 4.43. The van der Waals surface area contributed by atoms with E-state index in [-0.39, 0.29) is 17.2 Å². The highest BCUT2D eigenvalue weighted by molar-refractivity contribution is 6.11. The number of phenols is 1. The largest absolute Gasteiger partial charge is 0.506 e. The number of aryl methyl sites for hydroxylation is 2. The Morgan fingerprint density at radius 1 is 0.882 bits per heavy atom. The SMILES string of the molecule is CC(=O)N(C)c1cc(C)ccc1Oc1cc(C(=O)Nc2ccccc2C)c(O)c2ccccc12. The summed E-state index contributed by atoms with van der Waals surface area (Å²) in [5.74, 6) is 0.144. The smallest absolute Gasteiger partial charge is 0.259 e. The van der Waals surface area contributed by atoms with E-state index >= 15 is 0 Å². The van der Waals surface area contributed by atoms with Crippen LogP contribution in [-0.2, 0) is 4.79 Å². The van der Waals surface area contributed by atoms with Crippen molar-refractivity contribution in [3.05, 3.63) is 89.5 Å². The number of hydrogen-bond donors (Lipinski definition) is 2. The number of amides is 2. The molecular formula is C28H26N2O4. The van der Waals surface area contributed by atoms with Gasteiger partial charge in [-0.2, -0.15) is 0 Å². The molecule has 4 rings (SSSR count). The van der Waals surface area contributed by atoms with E-state index < -0.39 is 5.91 Å². The Balaban J connectivity index is 1.82. The number of aromatic hydroxyl groups is 1. The van der Waals surface area contributed by atoms with Crippen molar-refractivity contribution >= 4 is 34.0 Å². The zero-order chi connectivity index (χ0) is 24.4. The van der Waals surface area contributed by atoms with E-state index in [4.69, 9.17) is 4.74 Å². The molecular weight excluding hydrogens is 428 g/mol. The molecule has 4 aromatic carbocycles. The Labute approximate surface area is 198 Å². The lowest BCUT2D eigenvalue weighted by atomic mass is 10.0. The van der Waals surface area contributed by atoms with Gasteiger partial charge in [0.15, 0.2) is 5.75 Å². The highest BCUT2D eigenvalue weighted by Crippen LogP contribution is 2.41. The van der Waals surface area contributed by atoms with Crippen molar-refractivity contribution in [2.24, 2.45) is 0 Å². The van der Waals surface area contributed by atoms with Crippen LogP contribution < -0.4 is 15.0 Å². The molecule has 0 fully saturated rings. The first kappa shape index (κ1) is 22.9. The van der Waals surface area contributed by atoms with Crippen molar-refractivity contribution in [2.45, 2.75) is 20.8 Å². The van der Waals surface area contributed by atoms with Gasteiger partial charge in [-0.05, 0) is 49.2 Å². The van der Waals surface area contributed by atoms with Gasteiger partial charge in [-0.1, -0.05) is 48.5 Å². The second-order valence-corrected chi connectivity index (χ2v) is 8.24. The number of hydrogen-bond acceptors (Lipinski definition) is 4. The van der Waals surface area contributed by atoms with Crippen LogP contribution in [-0.4, -0.2) is 24.0 Å². The van der Waals surface area contributed by atoms with Crippen LogP contribution in [0.25, 0.3) is 10.8 Å². The summed E-state index contributed by atoms with van der Waals surface area (Å²) in [6.07, 6.45) is 0. The Bertz CT molecular complexity index is 1410. The molecule has 0 unspecified atom stereocenters. The molecule has 0 saturated carbocycles. The first-order valence-corrected chi connectivity index (χ1v) is 10.9. The summed E-state index contributed by atoms with van der Waals surface area (Å²) in [5, 5.41) is 14.9. The number of ether oxygens (including phenoxy) is 1. The van der Waals surface area contributed by atoms with Crippen molar-refractivity contribution in [1.29, 1.82) is 0 Å². The zero-order valence-electron chi connectivity index (χ0n) is 19.5. The maximum absolute atomic E-state index is 13.2. The quantitative estimate of drug-likeness (QED) is 0.377. The molecule has 0 atom stereocenters. The van der Waals surface area contributed by atoms with E-state index in [2.05, 4.69) is 5.32 Å². The van der Waals surface area contributed by atoms with Gasteiger partial charge in [-0.3, -0.25) is 9.59 Å². The first-order chi connectivity index (χ1) is 16.3. The summed E-state index contributed by atoms with van der Waals surface area (Å²) < 4.78 is 6.28. The Morgan fingerprint density at radius 3 is 2.26 bits per heavy atom. The number of carbonyl (C=O) groups excluding carboxylic acids is 2. The minimum Gasteiger partial charge on any atom is -0.506 e. The van der Waals surface area contributed by atoms with Gasteiger partial charge in [0.2, 0.25) is 5.91 Å². The average molecular weight is 455 g/mol. The number of fused-ring (bicyclic) bond motifs is 1. The second kappa shape index (κ2) is 9.27. The number of benzene rings is 4. The molecule has 0 aliphatic rings. The van der Waals surface area contributed by atoms with Crippen LogP contribution in [0.3, 0.4) is 0 Å². The molecule has 0 radical (unpaired) electrons. The molecule has 0 saturated heterocycles. The van der Waals surface area contributed by atoms with Gasteiger partial charge >= 0.3 is 0 Å². The van der Waals surface area contributed by atoms with E-state index in [0.717, 1.165) is 11.1 Å². The Morgan fingerprint density at radius 2 is 1.56 bits per heavy atom. The van der Waals surface area contributed by atoms with Crippen molar-refractivity contribution in [2.75, 3.05) is 17.3 Å². The molecule has 0 aliphatic carbocycles. The standard InChI is InChI=1S/C28H26N2O4/c1-17-13-14-25(24(15-17)30(4)19(3)31)34-26-16-22(27(32)21-11-7-6-10-20(21)26)28(33)29-23-12-8-5-9-18(23)2/h5-16,32H,1-4H3,(H,29,33). The summed E-state index contributed by atoms with van der Waals surface area (Å²) in [4.78, 5) is 26.7. The van der Waals surface area contributed by atoms with Crippen molar-refractivity contribution in [1.82, 2.24) is 0 Å². The number of rotatable bonds is 5. The van der Waals surface area contributed by atoms with Crippen molar-refractivity contribution in [3.8, 4) is 17.2 Å². The van der Waals surface area contributed by atoms with E-state index in [0.29, 0.717) is 33.6 Å². The van der Waals surface area contributed by atoms with Gasteiger partial charge in [-0.25, -0.2) is 0 Å². The van der Waals surface area contributed by atoms with Crippen molar-refractivity contribution in [3.63, 3.8) is 0 Å². The maximum Gasteiger partial charge on any atom is 0.259 e. The van der Waals surface area contributed by atoms with Crippen LogP contribution in [0.2, 0.25) is 0 Å². The second-order valence-electron chi connectivity index (χ2n) is 8.24. The van der Waals surface area contributed by atoms with E-state index in [1.807, 2.05) is 56.3 Å². The third-order valence-corrected chi connectivity index (χ3v) is 5.78. The fraction of sp³-hybridized carbons (Fsp3) is 0.143. The number of carbonyl (C=O) groups is 2. The molecule has 4 aromatic rings. The average Bonchev–Trinajstić information content (AvgIpc) is 2.82. The Hall–Kier alpha value is -4.32. The summed E-state index contributed by atoms with van der Waals surface area (Å²) in [6.45, 7) is 5.32. The molecule has 0 aliphatic heterocycles. The predicted molar refractivity (Wildman–Crippen MR) is 135 cm³/mol. The molecule has 6 heteroatoms. The van der Waals surface area contributed by atoms with E-state index in [1.54, 1.807) is 31.3 Å². The molecule has 2 N–H and O–H groups in total. The lowest BCUT2D eigenvalue weighted by Crippen LogP contribution is -2.23. The molecule has 0 bridgehead atoms. The van der Waals surface area contributed by atoms with Gasteiger partial charge in [0.1, 0.15) is 11.5 Å². The molecule has 6 nitrogen and oxygen atoms in total. The summed E-state index contributed by atoms with van der Waals surface area (Å²) in [6, 6.07) is 21.7. The number of anilines is 2. The topological polar surface area (TPSA) is 78.9 Å². The molecule has 34 heavy (non-hydrogen) atoms. The maximum atomic E-state index is 13.2. The van der Waals surface area contributed by atoms with Crippen LogP contribution in [0, 0.1) is 13.8 Å². The third-order valence-electron chi connectivity index (χ3n) is 5.78. The minimum absolute atomic E-state index is 0.0885. The minimum atomic E-state index is -0.451. The van der Waals surface area contributed by atoms with Crippen LogP contribution in [0.4, 0.5) is 11.4 Å². The number of nitrogens with one attached hydrogen (secondary N) is 1. The summed E-state index contributed by atoms with van der Waals surface area (Å²) in [7, 11) is 1.68. The summed E-state index contributed by atoms with van der Waals surface area (Å²) in [5.41, 5.74) is 3.24. The van der Waals surface area contributed by atoms with Gasteiger partial charge in [-0.15, -0.1) is 0 Å². The normalized spacial score (nSPS) is 10.7. The number of nitrogens with zero attached hydrogens (tertiary/aromatic N) is 1. The van der Waals surface area contributed by atoms with Gasteiger partial charge in [0.25, 0.3) is 5.91 Å². The number of para-hydroxylation sites is 1. The van der Waals surface area contributed by atoms with Crippen LogP contribution >= 0.6 is 0 Å². The highest BCUT2D eigenvalue weighted by Gasteiger charge is 2.20. The fourth-order valence-electron chi connectivity index (χ4n) is 3.75. The van der Waals surface area contributed by atoms with Crippen LogP contribution in [0.1, 0.15) is 28.4 Å². The summed E-state index contributed by atoms with van der Waals surface area (Å²) >= 11 is 0. The predicted octanol–water partition coefficient (Wildman–Crippen LogP) is 6.19. The highest BCUT2D eigenvalue weighted by atomic mass is 16.5.